The van der Waals surface area contributed by atoms with Crippen molar-refractivity contribution in [3.63, 3.8) is 0 Å². The Bertz CT molecular complexity index is 285. The number of aliphatic hydroxyl groups excluding tert-OH is 1. The molecule has 0 aromatic carbocycles. The van der Waals surface area contributed by atoms with Crippen molar-refractivity contribution in [2.75, 3.05) is 46.5 Å². The molecule has 1 aliphatic heterocycles. The number of urea groups is 1. The summed E-state index contributed by atoms with van der Waals surface area (Å²) in [7, 11) is 1.54. The van der Waals surface area contributed by atoms with Crippen molar-refractivity contribution in [3.05, 3.63) is 0 Å². The number of rotatable bonds is 6. The lowest BCUT2D eigenvalue weighted by Gasteiger charge is -2.14. The predicted molar refractivity (Wildman–Crippen MR) is 65.1 cm³/mol. The van der Waals surface area contributed by atoms with E-state index in [1.54, 1.807) is 0 Å². The molecule has 1 aliphatic rings. The van der Waals surface area contributed by atoms with E-state index in [1.807, 2.05) is 4.90 Å². The fourth-order valence-corrected chi connectivity index (χ4v) is 1.89. The fraction of sp³-hybridized carbons (Fsp3) is 0.818. The molecule has 0 aromatic heterocycles. The number of amides is 3. The van der Waals surface area contributed by atoms with Gasteiger partial charge in [0.15, 0.2) is 0 Å². The normalized spacial score (nSPS) is 19.8. The lowest BCUT2D eigenvalue weighted by atomic mass is 10.1. The van der Waals surface area contributed by atoms with Gasteiger partial charge in [-0.25, -0.2) is 4.79 Å². The molecule has 1 fully saturated rings. The Morgan fingerprint density at radius 2 is 2.28 bits per heavy atom. The number of nitrogens with zero attached hydrogens (tertiary/aromatic N) is 1. The second-order valence-electron chi connectivity index (χ2n) is 4.37. The van der Waals surface area contributed by atoms with Gasteiger partial charge >= 0.3 is 6.03 Å². The summed E-state index contributed by atoms with van der Waals surface area (Å²) in [5.74, 6) is -0.0863. The molecule has 1 saturated heterocycles. The van der Waals surface area contributed by atoms with Gasteiger partial charge < -0.3 is 15.2 Å². The van der Waals surface area contributed by atoms with Gasteiger partial charge in [-0.2, -0.15) is 0 Å². The molecule has 0 aliphatic carbocycles. The number of likely N-dealkylation sites (tertiary alicyclic amines) is 1. The number of carbonyl (C=O) groups excluding carboxylic acids is 2. The Hall–Kier alpha value is -1.18. The highest BCUT2D eigenvalue weighted by Crippen LogP contribution is 2.14. The third-order valence-corrected chi connectivity index (χ3v) is 2.84. The van der Waals surface area contributed by atoms with Crippen LogP contribution in [0, 0.1) is 5.92 Å². The zero-order valence-corrected chi connectivity index (χ0v) is 10.6. The molecule has 0 aromatic rings. The molecule has 7 heteroatoms. The van der Waals surface area contributed by atoms with Crippen LogP contribution in [0.4, 0.5) is 4.79 Å². The molecule has 3 amide bonds. The Morgan fingerprint density at radius 3 is 2.89 bits per heavy atom. The topological polar surface area (TPSA) is 90.9 Å². The van der Waals surface area contributed by atoms with Crippen LogP contribution < -0.4 is 10.6 Å². The lowest BCUT2D eigenvalue weighted by molar-refractivity contribution is -0.121. The zero-order chi connectivity index (χ0) is 13.4. The first-order valence-electron chi connectivity index (χ1n) is 6.05. The van der Waals surface area contributed by atoms with Crippen LogP contribution in [0.1, 0.15) is 6.42 Å². The highest BCUT2D eigenvalue weighted by Gasteiger charge is 2.23. The number of ether oxygens (including phenoxy) is 1. The van der Waals surface area contributed by atoms with Crippen molar-refractivity contribution in [2.24, 2.45) is 5.92 Å². The van der Waals surface area contributed by atoms with Crippen molar-refractivity contribution in [1.82, 2.24) is 15.5 Å². The molecule has 104 valence electrons. The molecule has 0 bridgehead atoms. The second-order valence-corrected chi connectivity index (χ2v) is 4.37. The molecule has 0 spiro atoms. The van der Waals surface area contributed by atoms with Gasteiger partial charge in [-0.05, 0) is 18.9 Å². The van der Waals surface area contributed by atoms with Crippen LogP contribution in [-0.2, 0) is 9.53 Å². The van der Waals surface area contributed by atoms with Gasteiger partial charge in [-0.1, -0.05) is 0 Å². The van der Waals surface area contributed by atoms with E-state index in [0.717, 1.165) is 13.0 Å². The molecule has 3 N–H and O–H groups in total. The van der Waals surface area contributed by atoms with Crippen LogP contribution in [-0.4, -0.2) is 68.4 Å². The SMILES string of the molecule is COCCNC(=O)NC(=O)CN1CCC(CO)C1. The molecule has 1 atom stereocenters. The minimum absolute atomic E-state index is 0.148. The Morgan fingerprint density at radius 1 is 1.50 bits per heavy atom. The summed E-state index contributed by atoms with van der Waals surface area (Å²) in [6.45, 7) is 2.60. The maximum Gasteiger partial charge on any atom is 0.321 e. The molecule has 7 nitrogen and oxygen atoms in total. The summed E-state index contributed by atoms with van der Waals surface area (Å²) in [6.07, 6.45) is 0.893. The number of aliphatic hydroxyl groups is 1. The fourth-order valence-electron chi connectivity index (χ4n) is 1.89. The second kappa shape index (κ2) is 8.02. The van der Waals surface area contributed by atoms with Crippen LogP contribution in [0.25, 0.3) is 0 Å². The van der Waals surface area contributed by atoms with Gasteiger partial charge in [0.1, 0.15) is 0 Å². The monoisotopic (exact) mass is 259 g/mol. The quantitative estimate of drug-likeness (QED) is 0.520. The van der Waals surface area contributed by atoms with Crippen molar-refractivity contribution in [3.8, 4) is 0 Å². The maximum atomic E-state index is 11.5. The smallest absolute Gasteiger partial charge is 0.321 e. The highest BCUT2D eigenvalue weighted by atomic mass is 16.5. The van der Waals surface area contributed by atoms with Gasteiger partial charge in [0.25, 0.3) is 0 Å². The van der Waals surface area contributed by atoms with Gasteiger partial charge in [-0.15, -0.1) is 0 Å². The number of imide groups is 1. The zero-order valence-electron chi connectivity index (χ0n) is 10.6. The number of nitrogens with one attached hydrogen (secondary N) is 2. The minimum atomic E-state index is -0.505. The molecule has 1 unspecified atom stereocenters. The van der Waals surface area contributed by atoms with Crippen LogP contribution in [0.5, 0.6) is 0 Å². The third kappa shape index (κ3) is 5.44. The summed E-state index contributed by atoms with van der Waals surface area (Å²) in [6, 6.07) is -0.505. The van der Waals surface area contributed by atoms with E-state index in [0.29, 0.717) is 19.7 Å². The number of methoxy groups -OCH3 is 1. The Balaban J connectivity index is 2.15. The number of carbonyl (C=O) groups is 2. The van der Waals surface area contributed by atoms with Crippen molar-refractivity contribution in [1.29, 1.82) is 0 Å². The van der Waals surface area contributed by atoms with Gasteiger partial charge in [0.05, 0.1) is 13.2 Å². The number of hydrogen-bond acceptors (Lipinski definition) is 5. The van der Waals surface area contributed by atoms with E-state index in [-0.39, 0.29) is 25.0 Å². The first kappa shape index (κ1) is 14.9. The minimum Gasteiger partial charge on any atom is -0.396 e. The molecule has 1 heterocycles. The van der Waals surface area contributed by atoms with Crippen LogP contribution >= 0.6 is 0 Å². The molecule has 0 radical (unpaired) electrons. The van der Waals surface area contributed by atoms with Gasteiger partial charge in [-0.3, -0.25) is 15.0 Å². The van der Waals surface area contributed by atoms with Crippen molar-refractivity contribution < 1.29 is 19.4 Å². The summed E-state index contributed by atoms with van der Waals surface area (Å²) >= 11 is 0. The van der Waals surface area contributed by atoms with E-state index >= 15 is 0 Å². The first-order chi connectivity index (χ1) is 8.65. The highest BCUT2D eigenvalue weighted by molar-refractivity contribution is 5.95. The van der Waals surface area contributed by atoms with Crippen LogP contribution in [0.3, 0.4) is 0 Å². The molecule has 0 saturated carbocycles. The third-order valence-electron chi connectivity index (χ3n) is 2.84. The van der Waals surface area contributed by atoms with Crippen molar-refractivity contribution >= 4 is 11.9 Å². The summed E-state index contributed by atoms with van der Waals surface area (Å²) in [5.41, 5.74) is 0. The van der Waals surface area contributed by atoms with E-state index in [2.05, 4.69) is 10.6 Å². The van der Waals surface area contributed by atoms with Crippen molar-refractivity contribution in [2.45, 2.75) is 6.42 Å². The lowest BCUT2D eigenvalue weighted by Crippen LogP contribution is -2.44. The van der Waals surface area contributed by atoms with Crippen LogP contribution in [0.15, 0.2) is 0 Å². The van der Waals surface area contributed by atoms with Gasteiger partial charge in [0, 0.05) is 26.8 Å². The van der Waals surface area contributed by atoms with E-state index < -0.39 is 6.03 Å². The molecule has 18 heavy (non-hydrogen) atoms. The molecular formula is C11H21N3O4. The summed E-state index contributed by atoms with van der Waals surface area (Å²) in [4.78, 5) is 24.7. The largest absolute Gasteiger partial charge is 0.396 e. The predicted octanol–water partition coefficient (Wildman–Crippen LogP) is -1.23. The standard InChI is InChI=1S/C11H21N3O4/c1-18-5-3-12-11(17)13-10(16)7-14-4-2-9(6-14)8-15/h9,15H,2-8H2,1H3,(H2,12,13,16,17). The summed E-state index contributed by atoms with van der Waals surface area (Å²) < 4.78 is 4.77. The Kier molecular flexibility index (Phi) is 6.63. The van der Waals surface area contributed by atoms with Crippen LogP contribution in [0.2, 0.25) is 0 Å². The molecular weight excluding hydrogens is 238 g/mol. The van der Waals surface area contributed by atoms with E-state index in [9.17, 15) is 9.59 Å². The van der Waals surface area contributed by atoms with E-state index in [1.165, 1.54) is 7.11 Å². The summed E-state index contributed by atoms with van der Waals surface area (Å²) in [5, 5.41) is 13.7. The van der Waals surface area contributed by atoms with E-state index in [4.69, 9.17) is 9.84 Å². The van der Waals surface area contributed by atoms with Gasteiger partial charge in [0.2, 0.25) is 5.91 Å². The first-order valence-corrected chi connectivity index (χ1v) is 6.05. The average molecular weight is 259 g/mol. The number of hydrogen-bond donors (Lipinski definition) is 3. The Labute approximate surface area is 106 Å². The molecule has 1 rings (SSSR count). The maximum absolute atomic E-state index is 11.5. The average Bonchev–Trinajstić information content (AvgIpc) is 2.76.